The summed E-state index contributed by atoms with van der Waals surface area (Å²) >= 11 is 0. The van der Waals surface area contributed by atoms with Crippen molar-refractivity contribution >= 4 is 16.9 Å². The zero-order valence-corrected chi connectivity index (χ0v) is 8.63. The maximum Gasteiger partial charge on any atom is 0.305 e. The van der Waals surface area contributed by atoms with E-state index in [1.807, 2.05) is 30.3 Å². The molecule has 1 unspecified atom stereocenters. The first kappa shape index (κ1) is 10.6. The molecule has 0 spiro atoms. The Morgan fingerprint density at radius 1 is 1.38 bits per heavy atom. The van der Waals surface area contributed by atoms with E-state index in [9.17, 15) is 4.79 Å². The van der Waals surface area contributed by atoms with E-state index >= 15 is 0 Å². The Bertz CT molecular complexity index is 520. The molecule has 0 saturated heterocycles. The predicted molar refractivity (Wildman–Crippen MR) is 60.9 cm³/mol. The third-order valence-electron chi connectivity index (χ3n) is 2.47. The molecule has 16 heavy (non-hydrogen) atoms. The summed E-state index contributed by atoms with van der Waals surface area (Å²) in [5, 5.41) is 9.64. The summed E-state index contributed by atoms with van der Waals surface area (Å²) in [4.78, 5) is 14.8. The second-order valence-electron chi connectivity index (χ2n) is 3.62. The molecule has 4 heteroatoms. The molecule has 1 aromatic heterocycles. The Balaban J connectivity index is 2.47. The summed E-state index contributed by atoms with van der Waals surface area (Å²) in [5.74, 6) is -0.895. The van der Waals surface area contributed by atoms with E-state index in [1.54, 1.807) is 6.20 Å². The molecular formula is C12H12N2O2. The average Bonchev–Trinajstić information content (AvgIpc) is 2.27. The lowest BCUT2D eigenvalue weighted by molar-refractivity contribution is -0.137. The van der Waals surface area contributed by atoms with Gasteiger partial charge in [0, 0.05) is 17.6 Å². The minimum absolute atomic E-state index is 0.0754. The lowest BCUT2D eigenvalue weighted by Gasteiger charge is -2.11. The normalized spacial score (nSPS) is 12.6. The monoisotopic (exact) mass is 216 g/mol. The topological polar surface area (TPSA) is 76.2 Å². The van der Waals surface area contributed by atoms with Crippen LogP contribution in [0.2, 0.25) is 0 Å². The number of nitrogens with two attached hydrogens (primary N) is 1. The Kier molecular flexibility index (Phi) is 2.83. The Labute approximate surface area is 92.7 Å². The molecule has 0 bridgehead atoms. The van der Waals surface area contributed by atoms with Crippen molar-refractivity contribution in [2.45, 2.75) is 12.5 Å². The molecule has 4 nitrogen and oxygen atoms in total. The van der Waals surface area contributed by atoms with Gasteiger partial charge in [0.15, 0.2) is 0 Å². The van der Waals surface area contributed by atoms with Crippen molar-refractivity contribution in [1.82, 2.24) is 4.98 Å². The molecule has 0 aliphatic rings. The van der Waals surface area contributed by atoms with E-state index in [-0.39, 0.29) is 6.42 Å². The zero-order chi connectivity index (χ0) is 11.5. The van der Waals surface area contributed by atoms with E-state index in [4.69, 9.17) is 10.8 Å². The number of nitrogens with zero attached hydrogens (tertiary/aromatic N) is 1. The number of carboxylic acids is 1. The molecule has 2 aromatic rings. The second-order valence-corrected chi connectivity index (χ2v) is 3.62. The Morgan fingerprint density at radius 3 is 2.94 bits per heavy atom. The minimum atomic E-state index is -0.895. The zero-order valence-electron chi connectivity index (χ0n) is 8.63. The standard InChI is InChI=1S/C12H12N2O2/c13-10(7-12(15)16)8-3-1-5-11-9(8)4-2-6-14-11/h1-6,10H,7,13H2,(H,15,16). The van der Waals surface area contributed by atoms with Crippen molar-refractivity contribution in [3.8, 4) is 0 Å². The van der Waals surface area contributed by atoms with Crippen LogP contribution in [0.15, 0.2) is 36.5 Å². The highest BCUT2D eigenvalue weighted by Crippen LogP contribution is 2.23. The number of carboxylic acid groups (broad SMARTS) is 1. The summed E-state index contributed by atoms with van der Waals surface area (Å²) in [6, 6.07) is 8.79. The van der Waals surface area contributed by atoms with Gasteiger partial charge in [0.05, 0.1) is 11.9 Å². The van der Waals surface area contributed by atoms with Crippen molar-refractivity contribution in [3.63, 3.8) is 0 Å². The summed E-state index contributed by atoms with van der Waals surface area (Å²) in [7, 11) is 0. The van der Waals surface area contributed by atoms with Gasteiger partial charge in [-0.25, -0.2) is 0 Å². The fraction of sp³-hybridized carbons (Fsp3) is 0.167. The summed E-state index contributed by atoms with van der Waals surface area (Å²) in [5.41, 5.74) is 7.51. The number of fused-ring (bicyclic) bond motifs is 1. The van der Waals surface area contributed by atoms with Crippen LogP contribution in [0.4, 0.5) is 0 Å². The van der Waals surface area contributed by atoms with Crippen LogP contribution in [0.25, 0.3) is 10.9 Å². The number of rotatable bonds is 3. The quantitative estimate of drug-likeness (QED) is 0.818. The highest BCUT2D eigenvalue weighted by Gasteiger charge is 2.13. The molecule has 0 radical (unpaired) electrons. The molecule has 1 aromatic carbocycles. The molecule has 0 aliphatic heterocycles. The van der Waals surface area contributed by atoms with E-state index in [2.05, 4.69) is 4.98 Å². The van der Waals surface area contributed by atoms with Crippen molar-refractivity contribution in [1.29, 1.82) is 0 Å². The smallest absolute Gasteiger partial charge is 0.305 e. The number of hydrogen-bond donors (Lipinski definition) is 2. The van der Waals surface area contributed by atoms with Gasteiger partial charge in [-0.15, -0.1) is 0 Å². The van der Waals surface area contributed by atoms with Gasteiger partial charge in [-0.1, -0.05) is 18.2 Å². The predicted octanol–water partition coefficient (Wildman–Crippen LogP) is 1.71. The van der Waals surface area contributed by atoms with E-state index in [1.165, 1.54) is 0 Å². The van der Waals surface area contributed by atoms with Crippen molar-refractivity contribution in [3.05, 3.63) is 42.1 Å². The summed E-state index contributed by atoms with van der Waals surface area (Å²) < 4.78 is 0. The second kappa shape index (κ2) is 4.28. The molecular weight excluding hydrogens is 204 g/mol. The first-order valence-electron chi connectivity index (χ1n) is 4.99. The van der Waals surface area contributed by atoms with Crippen molar-refractivity contribution in [2.24, 2.45) is 5.73 Å². The van der Waals surface area contributed by atoms with Gasteiger partial charge in [-0.05, 0) is 17.7 Å². The van der Waals surface area contributed by atoms with Gasteiger partial charge in [-0.2, -0.15) is 0 Å². The molecule has 82 valence electrons. The molecule has 0 aliphatic carbocycles. The van der Waals surface area contributed by atoms with Crippen LogP contribution in [0.1, 0.15) is 18.0 Å². The molecule has 0 saturated carbocycles. The Morgan fingerprint density at radius 2 is 2.19 bits per heavy atom. The minimum Gasteiger partial charge on any atom is -0.481 e. The maximum atomic E-state index is 10.6. The van der Waals surface area contributed by atoms with Gasteiger partial charge in [0.1, 0.15) is 0 Å². The molecule has 3 N–H and O–H groups in total. The van der Waals surface area contributed by atoms with Gasteiger partial charge in [0.2, 0.25) is 0 Å². The fourth-order valence-electron chi connectivity index (χ4n) is 1.75. The highest BCUT2D eigenvalue weighted by atomic mass is 16.4. The van der Waals surface area contributed by atoms with Crippen LogP contribution < -0.4 is 5.73 Å². The molecule has 1 heterocycles. The molecule has 0 fully saturated rings. The number of aromatic nitrogens is 1. The third-order valence-corrected chi connectivity index (χ3v) is 2.47. The van der Waals surface area contributed by atoms with Gasteiger partial charge >= 0.3 is 5.97 Å². The number of hydrogen-bond acceptors (Lipinski definition) is 3. The SMILES string of the molecule is NC(CC(=O)O)c1cccc2ncccc12. The lowest BCUT2D eigenvalue weighted by Crippen LogP contribution is -2.15. The van der Waals surface area contributed by atoms with Crippen LogP contribution in [0, 0.1) is 0 Å². The molecule has 1 atom stereocenters. The van der Waals surface area contributed by atoms with E-state index < -0.39 is 12.0 Å². The van der Waals surface area contributed by atoms with Crippen LogP contribution in [0.5, 0.6) is 0 Å². The number of aliphatic carboxylic acids is 1. The first-order chi connectivity index (χ1) is 7.68. The van der Waals surface area contributed by atoms with Gasteiger partial charge < -0.3 is 10.8 Å². The Hall–Kier alpha value is -1.94. The first-order valence-corrected chi connectivity index (χ1v) is 4.99. The van der Waals surface area contributed by atoms with Crippen molar-refractivity contribution in [2.75, 3.05) is 0 Å². The number of carbonyl (C=O) groups is 1. The number of benzene rings is 1. The lowest BCUT2D eigenvalue weighted by atomic mass is 10.00. The fourth-order valence-corrected chi connectivity index (χ4v) is 1.75. The van der Waals surface area contributed by atoms with Crippen LogP contribution in [-0.4, -0.2) is 16.1 Å². The number of pyridine rings is 1. The van der Waals surface area contributed by atoms with Crippen LogP contribution in [0.3, 0.4) is 0 Å². The third kappa shape index (κ3) is 2.01. The molecule has 2 rings (SSSR count). The summed E-state index contributed by atoms with van der Waals surface area (Å²) in [6.07, 6.45) is 1.63. The van der Waals surface area contributed by atoms with Gasteiger partial charge in [-0.3, -0.25) is 9.78 Å². The largest absolute Gasteiger partial charge is 0.481 e. The average molecular weight is 216 g/mol. The molecule has 0 amide bonds. The van der Waals surface area contributed by atoms with Gasteiger partial charge in [0.25, 0.3) is 0 Å². The van der Waals surface area contributed by atoms with E-state index in [0.717, 1.165) is 16.5 Å². The van der Waals surface area contributed by atoms with Crippen LogP contribution in [-0.2, 0) is 4.79 Å². The van der Waals surface area contributed by atoms with Crippen molar-refractivity contribution < 1.29 is 9.90 Å². The van der Waals surface area contributed by atoms with Crippen LogP contribution >= 0.6 is 0 Å². The summed E-state index contributed by atoms with van der Waals surface area (Å²) in [6.45, 7) is 0. The van der Waals surface area contributed by atoms with E-state index in [0.29, 0.717) is 0 Å². The highest BCUT2D eigenvalue weighted by molar-refractivity contribution is 5.83. The maximum absolute atomic E-state index is 10.6.